The molecule has 0 fully saturated rings. The van der Waals surface area contributed by atoms with Crippen LogP contribution in [0.4, 0.5) is 5.69 Å². The van der Waals surface area contributed by atoms with Crippen molar-refractivity contribution in [2.75, 3.05) is 11.9 Å². The van der Waals surface area contributed by atoms with Gasteiger partial charge in [-0.1, -0.05) is 19.1 Å². The predicted molar refractivity (Wildman–Crippen MR) is 94.0 cm³/mol. The topological polar surface area (TPSA) is 75.3 Å². The summed E-state index contributed by atoms with van der Waals surface area (Å²) in [5.74, 6) is -0.266. The van der Waals surface area contributed by atoms with Crippen LogP contribution in [-0.4, -0.2) is 20.9 Å². The molecule has 0 aliphatic rings. The van der Waals surface area contributed by atoms with Crippen molar-refractivity contribution in [3.05, 3.63) is 58.6 Å². The van der Waals surface area contributed by atoms with Crippen LogP contribution in [0.5, 0.6) is 0 Å². The molecule has 5 nitrogen and oxygen atoms in total. The van der Waals surface area contributed by atoms with E-state index in [1.165, 1.54) is 12.1 Å². The lowest BCUT2D eigenvalue weighted by atomic mass is 10.2. The molecule has 0 aromatic heterocycles. The van der Waals surface area contributed by atoms with Crippen molar-refractivity contribution < 1.29 is 13.2 Å². The van der Waals surface area contributed by atoms with E-state index in [9.17, 15) is 13.2 Å². The highest BCUT2D eigenvalue weighted by Crippen LogP contribution is 2.19. The first-order valence-electron chi connectivity index (χ1n) is 7.09. The van der Waals surface area contributed by atoms with Crippen LogP contribution in [0.25, 0.3) is 0 Å². The minimum absolute atomic E-state index is 0.171. The number of sulfonamides is 1. The van der Waals surface area contributed by atoms with Crippen LogP contribution >= 0.6 is 15.9 Å². The Hall–Kier alpha value is -1.70. The van der Waals surface area contributed by atoms with E-state index in [0.717, 1.165) is 6.42 Å². The number of hydrogen-bond donors (Lipinski definition) is 2. The van der Waals surface area contributed by atoms with Crippen molar-refractivity contribution in [3.63, 3.8) is 0 Å². The molecule has 0 aliphatic heterocycles. The summed E-state index contributed by atoms with van der Waals surface area (Å²) in [5.41, 5.74) is 1.04. The standard InChI is InChI=1S/C16H17BrN2O3S/c1-2-11-18-23(21,22)13-9-7-12(8-10-13)19-16(20)14-5-3-4-6-15(14)17/h3-10,18H,2,11H2,1H3,(H,19,20). The van der Waals surface area contributed by atoms with Gasteiger partial charge in [0.2, 0.25) is 10.0 Å². The number of halogens is 1. The van der Waals surface area contributed by atoms with Crippen LogP contribution in [0.2, 0.25) is 0 Å². The average molecular weight is 397 g/mol. The van der Waals surface area contributed by atoms with Crippen molar-refractivity contribution in [1.82, 2.24) is 4.72 Å². The third-order valence-corrected chi connectivity index (χ3v) is 5.25. The maximum Gasteiger partial charge on any atom is 0.256 e. The van der Waals surface area contributed by atoms with E-state index in [0.29, 0.717) is 22.3 Å². The zero-order valence-electron chi connectivity index (χ0n) is 12.5. The van der Waals surface area contributed by atoms with Crippen molar-refractivity contribution in [2.24, 2.45) is 0 Å². The monoisotopic (exact) mass is 396 g/mol. The molecule has 2 aromatic carbocycles. The van der Waals surface area contributed by atoms with Crippen molar-refractivity contribution in [1.29, 1.82) is 0 Å². The fourth-order valence-corrected chi connectivity index (χ4v) is 3.48. The maximum atomic E-state index is 12.2. The van der Waals surface area contributed by atoms with Gasteiger partial charge in [-0.3, -0.25) is 4.79 Å². The molecule has 2 N–H and O–H groups in total. The van der Waals surface area contributed by atoms with Crippen LogP contribution in [0, 0.1) is 0 Å². The van der Waals surface area contributed by atoms with Gasteiger partial charge in [-0.2, -0.15) is 0 Å². The molecule has 122 valence electrons. The second kappa shape index (κ2) is 7.72. The van der Waals surface area contributed by atoms with Crippen molar-refractivity contribution >= 4 is 37.5 Å². The number of nitrogens with one attached hydrogen (secondary N) is 2. The van der Waals surface area contributed by atoms with Crippen LogP contribution in [0.3, 0.4) is 0 Å². The Balaban J connectivity index is 2.12. The highest BCUT2D eigenvalue weighted by molar-refractivity contribution is 9.10. The molecule has 0 aliphatic carbocycles. The lowest BCUT2D eigenvalue weighted by Crippen LogP contribution is -2.24. The van der Waals surface area contributed by atoms with E-state index in [1.807, 2.05) is 13.0 Å². The number of anilines is 1. The van der Waals surface area contributed by atoms with E-state index in [2.05, 4.69) is 26.0 Å². The Morgan fingerprint density at radius 1 is 1.09 bits per heavy atom. The van der Waals surface area contributed by atoms with E-state index in [4.69, 9.17) is 0 Å². The molecular weight excluding hydrogens is 380 g/mol. The molecule has 1 amide bonds. The van der Waals surface area contributed by atoms with Gasteiger partial charge in [-0.25, -0.2) is 13.1 Å². The average Bonchev–Trinajstić information content (AvgIpc) is 2.54. The van der Waals surface area contributed by atoms with E-state index < -0.39 is 10.0 Å². The molecule has 0 saturated heterocycles. The quantitative estimate of drug-likeness (QED) is 0.785. The second-order valence-electron chi connectivity index (χ2n) is 4.86. The summed E-state index contributed by atoms with van der Waals surface area (Å²) >= 11 is 3.32. The fourth-order valence-electron chi connectivity index (χ4n) is 1.88. The van der Waals surface area contributed by atoms with E-state index >= 15 is 0 Å². The summed E-state index contributed by atoms with van der Waals surface area (Å²) < 4.78 is 27.2. The van der Waals surface area contributed by atoms with Gasteiger partial charge in [0.25, 0.3) is 5.91 Å². The van der Waals surface area contributed by atoms with Gasteiger partial charge in [-0.05, 0) is 58.7 Å². The lowest BCUT2D eigenvalue weighted by molar-refractivity contribution is 0.102. The highest BCUT2D eigenvalue weighted by Gasteiger charge is 2.14. The number of carbonyl (C=O) groups excluding carboxylic acids is 1. The van der Waals surface area contributed by atoms with Gasteiger partial charge in [0.1, 0.15) is 0 Å². The molecule has 23 heavy (non-hydrogen) atoms. The largest absolute Gasteiger partial charge is 0.322 e. The summed E-state index contributed by atoms with van der Waals surface area (Å²) in [5, 5.41) is 2.74. The predicted octanol–water partition coefficient (Wildman–Crippen LogP) is 3.39. The molecule has 0 radical (unpaired) electrons. The van der Waals surface area contributed by atoms with Crippen molar-refractivity contribution in [3.8, 4) is 0 Å². The first kappa shape index (κ1) is 17.7. The first-order chi connectivity index (χ1) is 10.9. The zero-order valence-corrected chi connectivity index (χ0v) is 14.9. The van der Waals surface area contributed by atoms with Gasteiger partial charge in [0.15, 0.2) is 0 Å². The van der Waals surface area contributed by atoms with Crippen molar-refractivity contribution in [2.45, 2.75) is 18.2 Å². The summed E-state index contributed by atoms with van der Waals surface area (Å²) in [6.45, 7) is 2.28. The second-order valence-corrected chi connectivity index (χ2v) is 7.48. The SMILES string of the molecule is CCCNS(=O)(=O)c1ccc(NC(=O)c2ccccc2Br)cc1. The fraction of sp³-hybridized carbons (Fsp3) is 0.188. The normalized spacial score (nSPS) is 11.2. The van der Waals surface area contributed by atoms with Crippen LogP contribution in [-0.2, 0) is 10.0 Å². The maximum absolute atomic E-state index is 12.2. The summed E-state index contributed by atoms with van der Waals surface area (Å²) in [7, 11) is -3.50. The number of rotatable bonds is 6. The minimum Gasteiger partial charge on any atom is -0.322 e. The molecule has 0 saturated carbocycles. The van der Waals surface area contributed by atoms with Crippen LogP contribution in [0.15, 0.2) is 57.9 Å². The Bertz CT molecular complexity index is 789. The Kier molecular flexibility index (Phi) is 5.92. The Morgan fingerprint density at radius 2 is 1.74 bits per heavy atom. The van der Waals surface area contributed by atoms with Gasteiger partial charge in [-0.15, -0.1) is 0 Å². The zero-order chi connectivity index (χ0) is 16.9. The van der Waals surface area contributed by atoms with Gasteiger partial charge >= 0.3 is 0 Å². The molecule has 0 unspecified atom stereocenters. The number of hydrogen-bond acceptors (Lipinski definition) is 3. The first-order valence-corrected chi connectivity index (χ1v) is 9.37. The molecule has 0 heterocycles. The van der Waals surface area contributed by atoms with Crippen LogP contribution < -0.4 is 10.0 Å². The third-order valence-electron chi connectivity index (χ3n) is 3.08. The highest BCUT2D eigenvalue weighted by atomic mass is 79.9. The summed E-state index contributed by atoms with van der Waals surface area (Å²) in [6, 6.07) is 13.1. The van der Waals surface area contributed by atoms with Gasteiger partial charge in [0, 0.05) is 16.7 Å². The van der Waals surface area contributed by atoms with E-state index in [1.54, 1.807) is 30.3 Å². The molecule has 7 heteroatoms. The summed E-state index contributed by atoms with van der Waals surface area (Å²) in [6.07, 6.45) is 0.722. The number of benzene rings is 2. The van der Waals surface area contributed by atoms with E-state index in [-0.39, 0.29) is 10.8 Å². The Morgan fingerprint density at radius 3 is 2.35 bits per heavy atom. The molecule has 0 bridgehead atoms. The summed E-state index contributed by atoms with van der Waals surface area (Å²) in [4.78, 5) is 12.4. The van der Waals surface area contributed by atoms with Crippen LogP contribution in [0.1, 0.15) is 23.7 Å². The smallest absolute Gasteiger partial charge is 0.256 e. The number of amides is 1. The molecule has 2 rings (SSSR count). The Labute approximate surface area is 144 Å². The third kappa shape index (κ3) is 4.63. The minimum atomic E-state index is -3.50. The molecule has 0 atom stereocenters. The number of carbonyl (C=O) groups is 1. The molecule has 2 aromatic rings. The molecule has 0 spiro atoms. The molecular formula is C16H17BrN2O3S. The van der Waals surface area contributed by atoms with Gasteiger partial charge in [0.05, 0.1) is 10.5 Å². The lowest BCUT2D eigenvalue weighted by Gasteiger charge is -2.09. The van der Waals surface area contributed by atoms with Gasteiger partial charge < -0.3 is 5.32 Å².